The highest BCUT2D eigenvalue weighted by atomic mass is 19.4. The lowest BCUT2D eigenvalue weighted by atomic mass is 10.1. The smallest absolute Gasteiger partial charge is 0.359 e. The van der Waals surface area contributed by atoms with Gasteiger partial charge in [-0.25, -0.2) is 13.5 Å². The molecule has 0 saturated carbocycles. The third-order valence-electron chi connectivity index (χ3n) is 5.74. The largest absolute Gasteiger partial charge is 0.416 e. The first-order chi connectivity index (χ1) is 16.1. The monoisotopic (exact) mass is 475 g/mol. The molecule has 6 nitrogen and oxygen atoms in total. The summed E-state index contributed by atoms with van der Waals surface area (Å²) in [6, 6.07) is 9.12. The first-order valence-corrected chi connectivity index (χ1v) is 10.3. The molecule has 1 unspecified atom stereocenters. The van der Waals surface area contributed by atoms with Crippen LogP contribution in [0.5, 0.6) is 0 Å². The molecule has 2 aromatic carbocycles. The number of carbonyl (C=O) groups is 1. The van der Waals surface area contributed by atoms with Gasteiger partial charge in [0.15, 0.2) is 0 Å². The van der Waals surface area contributed by atoms with Gasteiger partial charge in [0.2, 0.25) is 5.91 Å². The van der Waals surface area contributed by atoms with Crippen LogP contribution in [0.25, 0.3) is 27.7 Å². The second-order valence-corrected chi connectivity index (χ2v) is 8.16. The van der Waals surface area contributed by atoms with Gasteiger partial charge >= 0.3 is 6.18 Å². The number of nitrogens with one attached hydrogen (secondary N) is 3. The molecule has 0 radical (unpaired) electrons. The lowest BCUT2D eigenvalue weighted by Gasteiger charge is -2.10. The molecule has 1 atom stereocenters. The van der Waals surface area contributed by atoms with Crippen molar-refractivity contribution in [3.63, 3.8) is 0 Å². The molecule has 5 rings (SSSR count). The molecule has 3 heterocycles. The van der Waals surface area contributed by atoms with E-state index in [0.717, 1.165) is 23.2 Å². The number of aromatic amines is 1. The molecule has 3 N–H and O–H groups in total. The standard InChI is InChI=1S/C23H18F5N5O/c24-22(25)8-19(30-12-22)21(34)32-20-10-29-18-6-1-13(7-17(18)20)14-9-31-33(11-14)16-4-2-15(3-5-16)23(26,27)28/h1-7,9-11,19,29-30H,8,12H2,(H,32,34). The van der Waals surface area contributed by atoms with Crippen molar-refractivity contribution in [1.29, 1.82) is 0 Å². The van der Waals surface area contributed by atoms with E-state index in [1.165, 1.54) is 16.8 Å². The van der Waals surface area contributed by atoms with Crippen LogP contribution in [-0.2, 0) is 11.0 Å². The third kappa shape index (κ3) is 4.26. The van der Waals surface area contributed by atoms with E-state index in [4.69, 9.17) is 0 Å². The Kier molecular flexibility index (Phi) is 5.16. The van der Waals surface area contributed by atoms with Crippen LogP contribution in [0.2, 0.25) is 0 Å². The van der Waals surface area contributed by atoms with Gasteiger partial charge in [0.1, 0.15) is 0 Å². The Balaban J connectivity index is 1.38. The van der Waals surface area contributed by atoms with Gasteiger partial charge in [-0.1, -0.05) is 6.07 Å². The van der Waals surface area contributed by atoms with Crippen molar-refractivity contribution < 1.29 is 26.7 Å². The predicted octanol–water partition coefficient (Wildman–Crippen LogP) is 4.98. The summed E-state index contributed by atoms with van der Waals surface area (Å²) in [6.45, 7) is -0.536. The van der Waals surface area contributed by atoms with E-state index in [1.54, 1.807) is 24.7 Å². The van der Waals surface area contributed by atoms with Crippen LogP contribution in [0, 0.1) is 0 Å². The number of anilines is 1. The Hall–Kier alpha value is -3.73. The summed E-state index contributed by atoms with van der Waals surface area (Å²) in [4.78, 5) is 15.5. The maximum atomic E-state index is 13.4. The Morgan fingerprint density at radius 1 is 1.12 bits per heavy atom. The second-order valence-electron chi connectivity index (χ2n) is 8.16. The molecule has 0 aliphatic carbocycles. The maximum Gasteiger partial charge on any atom is 0.416 e. The van der Waals surface area contributed by atoms with Crippen LogP contribution in [-0.4, -0.2) is 39.2 Å². The zero-order valence-electron chi connectivity index (χ0n) is 17.5. The van der Waals surface area contributed by atoms with E-state index in [2.05, 4.69) is 20.7 Å². The summed E-state index contributed by atoms with van der Waals surface area (Å²) in [5.41, 5.74) is 2.37. The lowest BCUT2D eigenvalue weighted by molar-refractivity contribution is -0.137. The topological polar surface area (TPSA) is 74.7 Å². The zero-order valence-corrected chi connectivity index (χ0v) is 17.5. The van der Waals surface area contributed by atoms with E-state index < -0.39 is 42.6 Å². The fourth-order valence-electron chi connectivity index (χ4n) is 3.94. The molecular formula is C23H18F5N5O. The number of fused-ring (bicyclic) bond motifs is 1. The van der Waals surface area contributed by atoms with Crippen LogP contribution in [0.1, 0.15) is 12.0 Å². The summed E-state index contributed by atoms with van der Waals surface area (Å²) in [7, 11) is 0. The first kappa shape index (κ1) is 22.1. The highest BCUT2D eigenvalue weighted by Crippen LogP contribution is 2.32. The first-order valence-electron chi connectivity index (χ1n) is 10.3. The SMILES string of the molecule is O=C(Nc1c[nH]c2ccc(-c3cnn(-c4ccc(C(F)(F)F)cc4)c3)cc12)C1CC(F)(F)CN1. The van der Waals surface area contributed by atoms with Crippen molar-refractivity contribution in [2.75, 3.05) is 11.9 Å². The number of amides is 1. The summed E-state index contributed by atoms with van der Waals surface area (Å²) < 4.78 is 66.7. The predicted molar refractivity (Wildman–Crippen MR) is 116 cm³/mol. The summed E-state index contributed by atoms with van der Waals surface area (Å²) in [5, 5.41) is 10.1. The maximum absolute atomic E-state index is 13.4. The average Bonchev–Trinajstić information content (AvgIpc) is 3.52. The van der Waals surface area contributed by atoms with E-state index in [0.29, 0.717) is 22.3 Å². The Bertz CT molecular complexity index is 1360. The lowest BCUT2D eigenvalue weighted by Crippen LogP contribution is -2.35. The molecule has 34 heavy (non-hydrogen) atoms. The van der Waals surface area contributed by atoms with Crippen LogP contribution in [0.4, 0.5) is 27.6 Å². The molecule has 0 bridgehead atoms. The molecule has 0 spiro atoms. The van der Waals surface area contributed by atoms with Crippen molar-refractivity contribution in [2.45, 2.75) is 24.6 Å². The molecule has 11 heteroatoms. The number of aromatic nitrogens is 3. The minimum absolute atomic E-state index is 0.453. The van der Waals surface area contributed by atoms with Crippen LogP contribution in [0.3, 0.4) is 0 Å². The number of alkyl halides is 5. The van der Waals surface area contributed by atoms with Crippen molar-refractivity contribution in [3.05, 3.63) is 66.6 Å². The molecule has 1 amide bonds. The van der Waals surface area contributed by atoms with Gasteiger partial charge in [-0.15, -0.1) is 0 Å². The van der Waals surface area contributed by atoms with Gasteiger partial charge in [-0.2, -0.15) is 18.3 Å². The van der Waals surface area contributed by atoms with Crippen molar-refractivity contribution in [1.82, 2.24) is 20.1 Å². The average molecular weight is 475 g/mol. The third-order valence-corrected chi connectivity index (χ3v) is 5.74. The fraction of sp³-hybridized carbons (Fsp3) is 0.217. The number of hydrogen-bond donors (Lipinski definition) is 3. The summed E-state index contributed by atoms with van der Waals surface area (Å²) in [6.07, 6.45) is -0.129. The summed E-state index contributed by atoms with van der Waals surface area (Å²) in [5.74, 6) is -3.46. The van der Waals surface area contributed by atoms with Crippen LogP contribution in [0.15, 0.2) is 61.1 Å². The van der Waals surface area contributed by atoms with Gasteiger partial charge < -0.3 is 10.3 Å². The molecular weight excluding hydrogens is 457 g/mol. The normalized spacial score (nSPS) is 17.9. The molecule has 176 valence electrons. The van der Waals surface area contributed by atoms with Crippen molar-refractivity contribution in [3.8, 4) is 16.8 Å². The quantitative estimate of drug-likeness (QED) is 0.365. The van der Waals surface area contributed by atoms with Gasteiger partial charge in [0.25, 0.3) is 5.92 Å². The van der Waals surface area contributed by atoms with Crippen molar-refractivity contribution in [2.24, 2.45) is 0 Å². The van der Waals surface area contributed by atoms with Gasteiger partial charge in [0.05, 0.1) is 35.7 Å². The van der Waals surface area contributed by atoms with Crippen LogP contribution < -0.4 is 10.6 Å². The molecule has 1 saturated heterocycles. The van der Waals surface area contributed by atoms with Gasteiger partial charge in [-0.3, -0.25) is 10.1 Å². The molecule has 1 aliphatic rings. The van der Waals surface area contributed by atoms with Gasteiger partial charge in [-0.05, 0) is 42.0 Å². The van der Waals surface area contributed by atoms with E-state index in [9.17, 15) is 26.7 Å². The molecule has 2 aromatic heterocycles. The van der Waals surface area contributed by atoms with Crippen LogP contribution >= 0.6 is 0 Å². The number of rotatable bonds is 4. The molecule has 4 aromatic rings. The number of carbonyl (C=O) groups excluding carboxylic acids is 1. The zero-order chi connectivity index (χ0) is 24.1. The summed E-state index contributed by atoms with van der Waals surface area (Å²) >= 11 is 0. The second kappa shape index (κ2) is 7.94. The number of nitrogens with zero attached hydrogens (tertiary/aromatic N) is 2. The molecule has 1 fully saturated rings. The van der Waals surface area contributed by atoms with Crippen molar-refractivity contribution >= 4 is 22.5 Å². The number of benzene rings is 2. The highest BCUT2D eigenvalue weighted by Gasteiger charge is 2.42. The number of halogens is 5. The van der Waals surface area contributed by atoms with Gasteiger partial charge in [0, 0.05) is 35.3 Å². The van der Waals surface area contributed by atoms with E-state index in [-0.39, 0.29) is 0 Å². The van der Waals surface area contributed by atoms with E-state index in [1.807, 2.05) is 12.1 Å². The Morgan fingerprint density at radius 2 is 1.88 bits per heavy atom. The number of hydrogen-bond acceptors (Lipinski definition) is 3. The molecule has 1 aliphatic heterocycles. The highest BCUT2D eigenvalue weighted by molar-refractivity contribution is 6.04. The Morgan fingerprint density at radius 3 is 2.56 bits per heavy atom. The Labute approximate surface area is 189 Å². The number of H-pyrrole nitrogens is 1. The minimum Gasteiger partial charge on any atom is -0.359 e. The van der Waals surface area contributed by atoms with E-state index >= 15 is 0 Å². The minimum atomic E-state index is -4.42. The fourth-order valence-corrected chi connectivity index (χ4v) is 3.94.